The highest BCUT2D eigenvalue weighted by Gasteiger charge is 2.16. The molecule has 0 aliphatic heterocycles. The number of carbonyl (C=O) groups is 1. The Morgan fingerprint density at radius 3 is 3.04 bits per heavy atom. The van der Waals surface area contributed by atoms with E-state index in [-0.39, 0.29) is 6.03 Å². The lowest BCUT2D eigenvalue weighted by Gasteiger charge is -2.06. The van der Waals surface area contributed by atoms with Crippen LogP contribution in [0.3, 0.4) is 0 Å². The number of fused-ring (bicyclic) bond motifs is 2. The van der Waals surface area contributed by atoms with Crippen LogP contribution >= 0.6 is 11.3 Å². The average Bonchev–Trinajstić information content (AvgIpc) is 3.16. The molecule has 7 heteroatoms. The molecule has 0 atom stereocenters. The van der Waals surface area contributed by atoms with E-state index in [0.717, 1.165) is 35.4 Å². The quantitative estimate of drug-likeness (QED) is 0.768. The van der Waals surface area contributed by atoms with Gasteiger partial charge in [-0.15, -0.1) is 11.3 Å². The van der Waals surface area contributed by atoms with Gasteiger partial charge < -0.3 is 9.72 Å². The summed E-state index contributed by atoms with van der Waals surface area (Å²) in [6.07, 6.45) is 8.40. The molecule has 0 spiro atoms. The number of rotatable bonds is 3. The van der Waals surface area contributed by atoms with Crippen LogP contribution in [-0.2, 0) is 19.4 Å². The lowest BCUT2D eigenvalue weighted by Crippen LogP contribution is -2.28. The number of nitrogens with zero attached hydrogens (tertiary/aromatic N) is 3. The van der Waals surface area contributed by atoms with E-state index in [4.69, 9.17) is 0 Å². The average molecular weight is 341 g/mol. The Morgan fingerprint density at radius 2 is 2.21 bits per heavy atom. The molecule has 3 aromatic rings. The SMILES string of the molecule is Cc1cccn2cc(CNC(=O)Nc3nc4c(s3)CCCC4)nc12. The van der Waals surface area contributed by atoms with Crippen molar-refractivity contribution in [3.63, 3.8) is 0 Å². The first-order valence-corrected chi connectivity index (χ1v) is 8.97. The van der Waals surface area contributed by atoms with Crippen LogP contribution in [-0.4, -0.2) is 20.4 Å². The third-order valence-electron chi connectivity index (χ3n) is 4.22. The van der Waals surface area contributed by atoms with Crippen LogP contribution in [0.4, 0.5) is 9.93 Å². The van der Waals surface area contributed by atoms with Crippen molar-refractivity contribution >= 4 is 28.1 Å². The smallest absolute Gasteiger partial charge is 0.321 e. The van der Waals surface area contributed by atoms with E-state index < -0.39 is 0 Å². The van der Waals surface area contributed by atoms with Gasteiger partial charge in [0.05, 0.1) is 17.9 Å². The van der Waals surface area contributed by atoms with Crippen molar-refractivity contribution in [2.75, 3.05) is 5.32 Å². The summed E-state index contributed by atoms with van der Waals surface area (Å²) in [5.74, 6) is 0. The third kappa shape index (κ3) is 2.99. The molecule has 6 nitrogen and oxygen atoms in total. The van der Waals surface area contributed by atoms with Crippen molar-refractivity contribution in [3.05, 3.63) is 46.4 Å². The number of urea groups is 1. The van der Waals surface area contributed by atoms with E-state index in [1.807, 2.05) is 35.9 Å². The third-order valence-corrected chi connectivity index (χ3v) is 5.30. The van der Waals surface area contributed by atoms with E-state index in [1.54, 1.807) is 11.3 Å². The molecule has 0 unspecified atom stereocenters. The number of amides is 2. The number of aromatic nitrogens is 3. The van der Waals surface area contributed by atoms with Crippen LogP contribution in [0.1, 0.15) is 34.7 Å². The second-order valence-electron chi connectivity index (χ2n) is 6.06. The predicted molar refractivity (Wildman–Crippen MR) is 94.5 cm³/mol. The Labute approximate surface area is 143 Å². The lowest BCUT2D eigenvalue weighted by atomic mass is 10.0. The molecular formula is C17H19N5OS. The van der Waals surface area contributed by atoms with Crippen LogP contribution < -0.4 is 10.6 Å². The van der Waals surface area contributed by atoms with Crippen LogP contribution in [0.2, 0.25) is 0 Å². The molecule has 0 fully saturated rings. The molecular weight excluding hydrogens is 322 g/mol. The molecule has 0 saturated carbocycles. The number of aryl methyl sites for hydroxylation is 3. The molecule has 2 amide bonds. The number of imidazole rings is 1. The fourth-order valence-electron chi connectivity index (χ4n) is 3.01. The van der Waals surface area contributed by atoms with Gasteiger partial charge in [0, 0.05) is 17.3 Å². The molecule has 1 aliphatic rings. The predicted octanol–water partition coefficient (Wildman–Crippen LogP) is 3.30. The number of hydrogen-bond donors (Lipinski definition) is 2. The van der Waals surface area contributed by atoms with E-state index in [1.165, 1.54) is 17.7 Å². The molecule has 0 aromatic carbocycles. The topological polar surface area (TPSA) is 71.3 Å². The zero-order valence-electron chi connectivity index (χ0n) is 13.5. The Balaban J connectivity index is 1.39. The number of pyridine rings is 1. The van der Waals surface area contributed by atoms with Gasteiger partial charge in [-0.05, 0) is 44.2 Å². The zero-order chi connectivity index (χ0) is 16.5. The van der Waals surface area contributed by atoms with Gasteiger partial charge in [0.1, 0.15) is 5.65 Å². The largest absolute Gasteiger partial charge is 0.332 e. The number of thiazole rings is 1. The first kappa shape index (κ1) is 15.1. The normalized spacial score (nSPS) is 13.7. The Bertz CT molecular complexity index is 874. The molecule has 3 aromatic heterocycles. The lowest BCUT2D eigenvalue weighted by molar-refractivity contribution is 0.251. The van der Waals surface area contributed by atoms with Gasteiger partial charge in [-0.2, -0.15) is 0 Å². The van der Waals surface area contributed by atoms with E-state index in [9.17, 15) is 4.79 Å². The fourth-order valence-corrected chi connectivity index (χ4v) is 4.05. The first-order chi connectivity index (χ1) is 11.7. The first-order valence-electron chi connectivity index (χ1n) is 8.16. The van der Waals surface area contributed by atoms with Gasteiger partial charge in [-0.1, -0.05) is 6.07 Å². The van der Waals surface area contributed by atoms with Crippen molar-refractivity contribution in [2.24, 2.45) is 0 Å². The standard InChI is InChI=1S/C17H19N5OS/c1-11-5-4-8-22-10-12(19-15(11)22)9-18-16(23)21-17-20-13-6-2-3-7-14(13)24-17/h4-5,8,10H,2-3,6-7,9H2,1H3,(H2,18,20,21,23). The Morgan fingerprint density at radius 1 is 1.33 bits per heavy atom. The van der Waals surface area contributed by atoms with Crippen molar-refractivity contribution in [1.82, 2.24) is 19.7 Å². The number of carbonyl (C=O) groups excluding carboxylic acids is 1. The maximum absolute atomic E-state index is 12.1. The zero-order valence-corrected chi connectivity index (χ0v) is 14.3. The van der Waals surface area contributed by atoms with Crippen molar-refractivity contribution in [3.8, 4) is 0 Å². The minimum absolute atomic E-state index is 0.241. The monoisotopic (exact) mass is 341 g/mol. The van der Waals surface area contributed by atoms with Gasteiger partial charge in [0.2, 0.25) is 0 Å². The number of nitrogens with one attached hydrogen (secondary N) is 2. The molecule has 3 heterocycles. The van der Waals surface area contributed by atoms with Crippen LogP contribution in [0.15, 0.2) is 24.5 Å². The highest BCUT2D eigenvalue weighted by Crippen LogP contribution is 2.29. The highest BCUT2D eigenvalue weighted by atomic mass is 32.1. The second-order valence-corrected chi connectivity index (χ2v) is 7.14. The summed E-state index contributed by atoms with van der Waals surface area (Å²) in [6.45, 7) is 2.41. The summed E-state index contributed by atoms with van der Waals surface area (Å²) in [4.78, 5) is 22.5. The summed E-state index contributed by atoms with van der Waals surface area (Å²) >= 11 is 1.59. The highest BCUT2D eigenvalue weighted by molar-refractivity contribution is 7.15. The van der Waals surface area contributed by atoms with Gasteiger partial charge in [0.25, 0.3) is 0 Å². The summed E-state index contributed by atoms with van der Waals surface area (Å²) < 4.78 is 1.97. The van der Waals surface area contributed by atoms with Gasteiger partial charge >= 0.3 is 6.03 Å². The molecule has 2 N–H and O–H groups in total. The maximum Gasteiger partial charge on any atom is 0.321 e. The molecule has 0 saturated heterocycles. The van der Waals surface area contributed by atoms with Crippen molar-refractivity contribution < 1.29 is 4.79 Å². The van der Waals surface area contributed by atoms with Gasteiger partial charge in [-0.25, -0.2) is 14.8 Å². The van der Waals surface area contributed by atoms with Crippen LogP contribution in [0.5, 0.6) is 0 Å². The van der Waals surface area contributed by atoms with E-state index in [0.29, 0.717) is 11.7 Å². The minimum atomic E-state index is -0.241. The summed E-state index contributed by atoms with van der Waals surface area (Å²) in [6, 6.07) is 3.77. The fraction of sp³-hybridized carbons (Fsp3) is 0.353. The summed E-state index contributed by atoms with van der Waals surface area (Å²) in [5, 5.41) is 6.37. The molecule has 1 aliphatic carbocycles. The molecule has 0 bridgehead atoms. The van der Waals surface area contributed by atoms with Crippen LogP contribution in [0, 0.1) is 6.92 Å². The minimum Gasteiger partial charge on any atom is -0.332 e. The second kappa shape index (κ2) is 6.24. The number of hydrogen-bond acceptors (Lipinski definition) is 4. The molecule has 24 heavy (non-hydrogen) atoms. The van der Waals surface area contributed by atoms with Gasteiger partial charge in [-0.3, -0.25) is 5.32 Å². The summed E-state index contributed by atoms with van der Waals surface area (Å²) in [7, 11) is 0. The van der Waals surface area contributed by atoms with E-state index in [2.05, 4.69) is 20.6 Å². The molecule has 4 rings (SSSR count). The van der Waals surface area contributed by atoms with Crippen molar-refractivity contribution in [2.45, 2.75) is 39.2 Å². The molecule has 124 valence electrons. The molecule has 0 radical (unpaired) electrons. The number of anilines is 1. The Kier molecular flexibility index (Phi) is 3.93. The van der Waals surface area contributed by atoms with Gasteiger partial charge in [0.15, 0.2) is 5.13 Å². The van der Waals surface area contributed by atoms with Crippen LogP contribution in [0.25, 0.3) is 5.65 Å². The Hall–Kier alpha value is -2.41. The van der Waals surface area contributed by atoms with E-state index >= 15 is 0 Å². The maximum atomic E-state index is 12.1. The van der Waals surface area contributed by atoms with Crippen molar-refractivity contribution in [1.29, 1.82) is 0 Å². The summed E-state index contributed by atoms with van der Waals surface area (Å²) in [5.41, 5.74) is 4.01.